The fourth-order valence-electron chi connectivity index (χ4n) is 3.37. The first-order valence-corrected chi connectivity index (χ1v) is 10.6. The first-order valence-electron chi connectivity index (χ1n) is 9.82. The Morgan fingerprint density at radius 1 is 1.25 bits per heavy atom. The minimum Gasteiger partial charge on any atom is -0.340 e. The van der Waals surface area contributed by atoms with Crippen molar-refractivity contribution in [3.63, 3.8) is 0 Å². The second-order valence-corrected chi connectivity index (χ2v) is 7.87. The van der Waals surface area contributed by atoms with Gasteiger partial charge in [0.1, 0.15) is 0 Å². The van der Waals surface area contributed by atoms with Gasteiger partial charge in [-0.05, 0) is 42.7 Å². The molecule has 0 bridgehead atoms. The van der Waals surface area contributed by atoms with Crippen molar-refractivity contribution in [2.24, 2.45) is 0 Å². The van der Waals surface area contributed by atoms with Gasteiger partial charge in [0, 0.05) is 30.3 Å². The molecule has 0 saturated carbocycles. The Kier molecular flexibility index (Phi) is 6.82. The van der Waals surface area contributed by atoms with Crippen LogP contribution in [0, 0.1) is 0 Å². The number of rotatable bonds is 10. The Bertz CT molecular complexity index is 1000. The molecule has 4 nitrogen and oxygen atoms in total. The highest BCUT2D eigenvalue weighted by atomic mass is 32.1. The van der Waals surface area contributed by atoms with E-state index < -0.39 is 0 Å². The fourth-order valence-corrected chi connectivity index (χ4v) is 4.28. The highest BCUT2D eigenvalue weighted by Crippen LogP contribution is 2.33. The van der Waals surface area contributed by atoms with Gasteiger partial charge >= 0.3 is 0 Å². The molecule has 0 saturated heterocycles. The predicted molar refractivity (Wildman–Crippen MR) is 120 cm³/mol. The number of imidazole rings is 1. The summed E-state index contributed by atoms with van der Waals surface area (Å²) in [5, 5.41) is 0. The summed E-state index contributed by atoms with van der Waals surface area (Å²) in [4.78, 5) is 16.1. The van der Waals surface area contributed by atoms with E-state index in [1.807, 2.05) is 22.9 Å². The van der Waals surface area contributed by atoms with Gasteiger partial charge in [-0.15, -0.1) is 11.3 Å². The Morgan fingerprint density at radius 3 is 2.75 bits per heavy atom. The van der Waals surface area contributed by atoms with E-state index in [2.05, 4.69) is 48.2 Å². The largest absolute Gasteiger partial charge is 0.340 e. The van der Waals surface area contributed by atoms with Gasteiger partial charge in [-0.3, -0.25) is 4.79 Å². The van der Waals surface area contributed by atoms with E-state index in [1.54, 1.807) is 23.9 Å². The van der Waals surface area contributed by atoms with Gasteiger partial charge in [-0.1, -0.05) is 39.3 Å². The smallest absolute Gasteiger partial charge is 0.160 e. The minimum atomic E-state index is 0.789. The van der Waals surface area contributed by atoms with Crippen molar-refractivity contribution in [3.8, 4) is 0 Å². The predicted octanol–water partition coefficient (Wildman–Crippen LogP) is 6.42. The van der Waals surface area contributed by atoms with E-state index in [9.17, 15) is 4.79 Å². The highest BCUT2D eigenvalue weighted by Gasteiger charge is 2.14. The normalized spacial score (nSPS) is 12.6. The molecule has 0 amide bonds. The lowest BCUT2D eigenvalue weighted by atomic mass is 10.1. The van der Waals surface area contributed by atoms with Crippen molar-refractivity contribution < 1.29 is 4.79 Å². The molecule has 0 fully saturated rings. The average molecular weight is 394 g/mol. The molecule has 3 aromatic heterocycles. The molecule has 28 heavy (non-hydrogen) atoms. The summed E-state index contributed by atoms with van der Waals surface area (Å²) in [7, 11) is 0. The Morgan fingerprint density at radius 2 is 2.11 bits per heavy atom. The van der Waals surface area contributed by atoms with Crippen molar-refractivity contribution in [3.05, 3.63) is 66.2 Å². The quantitative estimate of drug-likeness (QED) is 0.294. The molecule has 0 atom stereocenters. The minimum absolute atomic E-state index is 0.789. The summed E-state index contributed by atoms with van der Waals surface area (Å²) in [6.45, 7) is 9.31. The molecule has 0 aliphatic carbocycles. The maximum atomic E-state index is 11.2. The van der Waals surface area contributed by atoms with Crippen LogP contribution in [0.1, 0.15) is 54.9 Å². The van der Waals surface area contributed by atoms with Crippen LogP contribution >= 0.6 is 11.3 Å². The third kappa shape index (κ3) is 4.25. The lowest BCUT2D eigenvalue weighted by Gasteiger charge is -2.13. The SMILES string of the molecule is C=C/C(=C\C=C(/CCC)c1cc2sc(C=O)cc2n1CCCC)n1ccnc1. The van der Waals surface area contributed by atoms with Gasteiger partial charge in [0.05, 0.1) is 21.4 Å². The molecular formula is C23H27N3OS. The van der Waals surface area contributed by atoms with E-state index in [0.29, 0.717) is 0 Å². The third-order valence-electron chi connectivity index (χ3n) is 4.78. The molecular weight excluding hydrogens is 366 g/mol. The van der Waals surface area contributed by atoms with Gasteiger partial charge in [0.25, 0.3) is 0 Å². The van der Waals surface area contributed by atoms with Gasteiger partial charge < -0.3 is 9.13 Å². The molecule has 0 aliphatic heterocycles. The van der Waals surface area contributed by atoms with E-state index in [1.165, 1.54) is 21.5 Å². The molecule has 3 rings (SSSR count). The molecule has 0 spiro atoms. The number of carbonyl (C=O) groups is 1. The van der Waals surface area contributed by atoms with Crippen LogP contribution in [0.5, 0.6) is 0 Å². The average Bonchev–Trinajstić information content (AvgIpc) is 3.42. The monoisotopic (exact) mass is 393 g/mol. The zero-order valence-corrected chi connectivity index (χ0v) is 17.4. The summed E-state index contributed by atoms with van der Waals surface area (Å²) < 4.78 is 5.51. The number of carbonyl (C=O) groups excluding carboxylic acids is 1. The number of allylic oxidation sites excluding steroid dienone is 5. The van der Waals surface area contributed by atoms with E-state index >= 15 is 0 Å². The molecule has 3 aromatic rings. The lowest BCUT2D eigenvalue weighted by molar-refractivity contribution is 0.112. The second kappa shape index (κ2) is 9.51. The Balaban J connectivity index is 2.07. The van der Waals surface area contributed by atoms with Crippen LogP contribution in [0.4, 0.5) is 0 Å². The summed E-state index contributed by atoms with van der Waals surface area (Å²) in [6.07, 6.45) is 16.9. The standard InChI is InChI=1S/C23H27N3OS/c1-4-7-12-26-21(15-23-22(26)14-20(16-27)28-23)18(8-5-2)9-10-19(6-3)25-13-11-24-17-25/h6,9-11,13-17H,3-5,7-8,12H2,1-2H3/b18-9+,19-10+. The molecule has 0 N–H and O–H groups in total. The maximum Gasteiger partial charge on any atom is 0.160 e. The number of aldehydes is 1. The first kappa shape index (κ1) is 20.1. The Hall–Kier alpha value is -2.66. The molecule has 0 aliphatic rings. The van der Waals surface area contributed by atoms with Gasteiger partial charge in [0.2, 0.25) is 0 Å². The number of fused-ring (bicyclic) bond motifs is 1. The highest BCUT2D eigenvalue weighted by molar-refractivity contribution is 7.20. The topological polar surface area (TPSA) is 39.8 Å². The lowest BCUT2D eigenvalue weighted by Crippen LogP contribution is -2.02. The van der Waals surface area contributed by atoms with Crippen molar-refractivity contribution in [2.45, 2.75) is 46.1 Å². The zero-order chi connectivity index (χ0) is 19.9. The van der Waals surface area contributed by atoms with Crippen LogP contribution in [0.25, 0.3) is 21.5 Å². The number of aryl methyl sites for hydroxylation is 1. The van der Waals surface area contributed by atoms with Crippen LogP contribution in [-0.4, -0.2) is 20.4 Å². The molecule has 3 heterocycles. The molecule has 0 radical (unpaired) electrons. The molecule has 0 unspecified atom stereocenters. The van der Waals surface area contributed by atoms with Gasteiger partial charge in [-0.25, -0.2) is 4.98 Å². The van der Waals surface area contributed by atoms with E-state index in [4.69, 9.17) is 0 Å². The number of hydrogen-bond donors (Lipinski definition) is 0. The van der Waals surface area contributed by atoms with Gasteiger partial charge in [-0.2, -0.15) is 0 Å². The van der Waals surface area contributed by atoms with Crippen LogP contribution in [0.3, 0.4) is 0 Å². The van der Waals surface area contributed by atoms with Gasteiger partial charge in [0.15, 0.2) is 6.29 Å². The maximum absolute atomic E-state index is 11.2. The van der Waals surface area contributed by atoms with Crippen molar-refractivity contribution in [1.29, 1.82) is 0 Å². The second-order valence-electron chi connectivity index (χ2n) is 6.76. The molecule has 0 aromatic carbocycles. The number of nitrogens with zero attached hydrogens (tertiary/aromatic N) is 3. The summed E-state index contributed by atoms with van der Waals surface area (Å²) in [5.74, 6) is 0. The summed E-state index contributed by atoms with van der Waals surface area (Å²) in [5.41, 5.74) is 4.70. The molecule has 5 heteroatoms. The number of thiophene rings is 1. The van der Waals surface area contributed by atoms with Crippen molar-refractivity contribution in [2.75, 3.05) is 0 Å². The zero-order valence-electron chi connectivity index (χ0n) is 16.6. The van der Waals surface area contributed by atoms with Crippen molar-refractivity contribution >= 4 is 39.1 Å². The Labute approximate surface area is 170 Å². The summed E-state index contributed by atoms with van der Waals surface area (Å²) in [6, 6.07) is 4.26. The molecule has 146 valence electrons. The number of unbranched alkanes of at least 4 members (excludes halogenated alkanes) is 1. The van der Waals surface area contributed by atoms with Crippen molar-refractivity contribution in [1.82, 2.24) is 14.1 Å². The van der Waals surface area contributed by atoms with E-state index in [-0.39, 0.29) is 0 Å². The van der Waals surface area contributed by atoms with Crippen LogP contribution in [-0.2, 0) is 6.54 Å². The first-order chi connectivity index (χ1) is 13.7. The van der Waals surface area contributed by atoms with E-state index in [0.717, 1.165) is 49.1 Å². The number of aromatic nitrogens is 3. The number of hydrogen-bond acceptors (Lipinski definition) is 3. The van der Waals surface area contributed by atoms with Crippen LogP contribution < -0.4 is 0 Å². The third-order valence-corrected chi connectivity index (χ3v) is 5.77. The van der Waals surface area contributed by atoms with Crippen LogP contribution in [0.2, 0.25) is 0 Å². The van der Waals surface area contributed by atoms with Crippen LogP contribution in [0.15, 0.2) is 55.7 Å². The summed E-state index contributed by atoms with van der Waals surface area (Å²) >= 11 is 1.57. The fraction of sp³-hybridized carbons (Fsp3) is 0.304.